The largest absolute Gasteiger partial charge is 0.328 e. The molecule has 1 aromatic rings. The Kier molecular flexibility index (Phi) is 3.97. The molecule has 2 atom stereocenters. The van der Waals surface area contributed by atoms with E-state index in [9.17, 15) is 0 Å². The van der Waals surface area contributed by atoms with Gasteiger partial charge in [0.05, 0.1) is 0 Å². The average molecular weight is 218 g/mol. The molecule has 0 heterocycles. The van der Waals surface area contributed by atoms with Crippen LogP contribution in [0, 0.1) is 0 Å². The van der Waals surface area contributed by atoms with Crippen LogP contribution in [0.3, 0.4) is 0 Å². The molecule has 0 aromatic heterocycles. The van der Waals surface area contributed by atoms with Crippen molar-refractivity contribution in [3.05, 3.63) is 35.9 Å². The van der Waals surface area contributed by atoms with Gasteiger partial charge in [0.1, 0.15) is 0 Å². The van der Waals surface area contributed by atoms with E-state index in [1.54, 1.807) is 0 Å². The van der Waals surface area contributed by atoms with E-state index in [1.165, 1.54) is 24.8 Å². The summed E-state index contributed by atoms with van der Waals surface area (Å²) in [6, 6.07) is 11.8. The van der Waals surface area contributed by atoms with Gasteiger partial charge in [-0.1, -0.05) is 37.3 Å². The van der Waals surface area contributed by atoms with Crippen molar-refractivity contribution in [3.63, 3.8) is 0 Å². The summed E-state index contributed by atoms with van der Waals surface area (Å²) in [7, 11) is 0. The van der Waals surface area contributed by atoms with Gasteiger partial charge in [-0.25, -0.2) is 0 Å². The van der Waals surface area contributed by atoms with Gasteiger partial charge in [-0.05, 0) is 31.4 Å². The first-order valence-corrected chi connectivity index (χ1v) is 6.33. The lowest BCUT2D eigenvalue weighted by atomic mass is 10.1. The minimum atomic E-state index is 0.426. The fourth-order valence-electron chi connectivity index (χ4n) is 2.64. The van der Waals surface area contributed by atoms with Crippen molar-refractivity contribution in [3.8, 4) is 0 Å². The Morgan fingerprint density at radius 1 is 1.25 bits per heavy atom. The fourth-order valence-corrected chi connectivity index (χ4v) is 2.64. The molecule has 2 unspecified atom stereocenters. The van der Waals surface area contributed by atoms with Gasteiger partial charge in [-0.3, -0.25) is 4.90 Å². The lowest BCUT2D eigenvalue weighted by molar-refractivity contribution is 0.199. The predicted molar refractivity (Wildman–Crippen MR) is 68.1 cm³/mol. The summed E-state index contributed by atoms with van der Waals surface area (Å²) >= 11 is 0. The molecule has 2 nitrogen and oxygen atoms in total. The molecule has 2 rings (SSSR count). The van der Waals surface area contributed by atoms with Gasteiger partial charge < -0.3 is 5.73 Å². The highest BCUT2D eigenvalue weighted by molar-refractivity contribution is 5.14. The summed E-state index contributed by atoms with van der Waals surface area (Å²) in [4.78, 5) is 2.56. The molecule has 16 heavy (non-hydrogen) atoms. The van der Waals surface area contributed by atoms with E-state index >= 15 is 0 Å². The Morgan fingerprint density at radius 3 is 2.56 bits per heavy atom. The summed E-state index contributed by atoms with van der Waals surface area (Å²) in [6.45, 7) is 4.42. The molecule has 0 spiro atoms. The number of hydrogen-bond acceptors (Lipinski definition) is 2. The molecule has 1 aliphatic carbocycles. The van der Waals surface area contributed by atoms with E-state index in [4.69, 9.17) is 5.73 Å². The third-order valence-corrected chi connectivity index (χ3v) is 3.60. The van der Waals surface area contributed by atoms with E-state index in [1.807, 2.05) is 0 Å². The van der Waals surface area contributed by atoms with Crippen LogP contribution in [0.25, 0.3) is 0 Å². The van der Waals surface area contributed by atoms with Crippen molar-refractivity contribution in [2.75, 3.05) is 6.54 Å². The van der Waals surface area contributed by atoms with E-state index in [2.05, 4.69) is 42.2 Å². The lowest BCUT2D eigenvalue weighted by Gasteiger charge is -2.27. The van der Waals surface area contributed by atoms with Crippen LogP contribution in [0.5, 0.6) is 0 Å². The highest BCUT2D eigenvalue weighted by atomic mass is 15.2. The van der Waals surface area contributed by atoms with Gasteiger partial charge in [-0.15, -0.1) is 0 Å². The van der Waals surface area contributed by atoms with Gasteiger partial charge in [-0.2, -0.15) is 0 Å². The minimum absolute atomic E-state index is 0.426. The smallest absolute Gasteiger partial charge is 0.0236 e. The van der Waals surface area contributed by atoms with Crippen LogP contribution < -0.4 is 5.73 Å². The van der Waals surface area contributed by atoms with Gasteiger partial charge in [0, 0.05) is 18.6 Å². The van der Waals surface area contributed by atoms with Crippen LogP contribution in [-0.4, -0.2) is 23.5 Å². The molecule has 1 saturated carbocycles. The van der Waals surface area contributed by atoms with Crippen molar-refractivity contribution in [2.45, 2.75) is 44.8 Å². The van der Waals surface area contributed by atoms with Crippen LogP contribution in [0.1, 0.15) is 31.7 Å². The Balaban J connectivity index is 1.96. The second-order valence-corrected chi connectivity index (χ2v) is 4.78. The van der Waals surface area contributed by atoms with Crippen LogP contribution in [0.4, 0.5) is 0 Å². The standard InChI is InChI=1S/C14H22N2/c1-2-16(14-9-8-13(15)10-14)11-12-6-4-3-5-7-12/h3-7,13-14H,2,8-11,15H2,1H3. The summed E-state index contributed by atoms with van der Waals surface area (Å²) in [5.41, 5.74) is 7.39. The number of nitrogens with zero attached hydrogens (tertiary/aromatic N) is 1. The van der Waals surface area contributed by atoms with Crippen LogP contribution in [-0.2, 0) is 6.54 Å². The first kappa shape index (κ1) is 11.6. The fraction of sp³-hybridized carbons (Fsp3) is 0.571. The molecule has 88 valence electrons. The van der Waals surface area contributed by atoms with Gasteiger partial charge in [0.25, 0.3) is 0 Å². The van der Waals surface area contributed by atoms with Gasteiger partial charge >= 0.3 is 0 Å². The molecule has 0 saturated heterocycles. The number of rotatable bonds is 4. The maximum Gasteiger partial charge on any atom is 0.0236 e. The maximum absolute atomic E-state index is 5.98. The van der Waals surface area contributed by atoms with Crippen LogP contribution in [0.15, 0.2) is 30.3 Å². The zero-order valence-corrected chi connectivity index (χ0v) is 10.1. The van der Waals surface area contributed by atoms with E-state index in [0.29, 0.717) is 12.1 Å². The Labute approximate surface area is 98.4 Å². The summed E-state index contributed by atoms with van der Waals surface area (Å²) in [6.07, 6.45) is 3.62. The van der Waals surface area contributed by atoms with Crippen molar-refractivity contribution < 1.29 is 0 Å². The van der Waals surface area contributed by atoms with Gasteiger partial charge in [0.2, 0.25) is 0 Å². The number of benzene rings is 1. The molecule has 0 aliphatic heterocycles. The summed E-state index contributed by atoms with van der Waals surface area (Å²) in [5.74, 6) is 0. The molecule has 1 aliphatic rings. The first-order chi connectivity index (χ1) is 7.79. The van der Waals surface area contributed by atoms with E-state index < -0.39 is 0 Å². The van der Waals surface area contributed by atoms with E-state index in [0.717, 1.165) is 13.1 Å². The van der Waals surface area contributed by atoms with Gasteiger partial charge in [0.15, 0.2) is 0 Å². The second kappa shape index (κ2) is 5.46. The molecule has 2 N–H and O–H groups in total. The molecular formula is C14H22N2. The first-order valence-electron chi connectivity index (χ1n) is 6.33. The van der Waals surface area contributed by atoms with Crippen molar-refractivity contribution in [1.29, 1.82) is 0 Å². The predicted octanol–water partition coefficient (Wildman–Crippen LogP) is 2.39. The maximum atomic E-state index is 5.98. The van der Waals surface area contributed by atoms with Crippen LogP contribution in [0.2, 0.25) is 0 Å². The zero-order chi connectivity index (χ0) is 11.4. The molecule has 2 heteroatoms. The molecule has 1 aromatic carbocycles. The molecule has 1 fully saturated rings. The van der Waals surface area contributed by atoms with Crippen molar-refractivity contribution in [2.24, 2.45) is 5.73 Å². The molecular weight excluding hydrogens is 196 g/mol. The van der Waals surface area contributed by atoms with E-state index in [-0.39, 0.29) is 0 Å². The van der Waals surface area contributed by atoms with Crippen molar-refractivity contribution >= 4 is 0 Å². The SMILES string of the molecule is CCN(Cc1ccccc1)C1CCC(N)C1. The Bertz CT molecular complexity index is 310. The highest BCUT2D eigenvalue weighted by Gasteiger charge is 2.26. The van der Waals surface area contributed by atoms with Crippen molar-refractivity contribution in [1.82, 2.24) is 4.90 Å². The average Bonchev–Trinajstić information content (AvgIpc) is 2.74. The number of nitrogens with two attached hydrogens (primary N) is 1. The monoisotopic (exact) mass is 218 g/mol. The third kappa shape index (κ3) is 2.83. The lowest BCUT2D eigenvalue weighted by Crippen LogP contribution is -2.33. The summed E-state index contributed by atoms with van der Waals surface area (Å²) in [5, 5.41) is 0. The molecule has 0 radical (unpaired) electrons. The normalized spacial score (nSPS) is 25.2. The molecule has 0 amide bonds. The quantitative estimate of drug-likeness (QED) is 0.840. The number of hydrogen-bond donors (Lipinski definition) is 1. The third-order valence-electron chi connectivity index (χ3n) is 3.60. The highest BCUT2D eigenvalue weighted by Crippen LogP contribution is 2.24. The molecule has 0 bridgehead atoms. The Morgan fingerprint density at radius 2 is 2.00 bits per heavy atom. The Hall–Kier alpha value is -0.860. The second-order valence-electron chi connectivity index (χ2n) is 4.78. The minimum Gasteiger partial charge on any atom is -0.328 e. The zero-order valence-electron chi connectivity index (χ0n) is 10.1. The summed E-state index contributed by atoms with van der Waals surface area (Å²) < 4.78 is 0. The topological polar surface area (TPSA) is 29.3 Å². The van der Waals surface area contributed by atoms with Crippen LogP contribution >= 0.6 is 0 Å².